The fourth-order valence-corrected chi connectivity index (χ4v) is 3.93. The highest BCUT2D eigenvalue weighted by Crippen LogP contribution is 2.26. The van der Waals surface area contributed by atoms with Crippen LogP contribution in [0.15, 0.2) is 18.6 Å². The van der Waals surface area contributed by atoms with Gasteiger partial charge in [-0.3, -0.25) is 9.48 Å². The first-order valence-corrected chi connectivity index (χ1v) is 9.09. The third-order valence-corrected chi connectivity index (χ3v) is 5.44. The van der Waals surface area contributed by atoms with Crippen molar-refractivity contribution >= 4 is 5.91 Å². The van der Waals surface area contributed by atoms with Crippen molar-refractivity contribution in [1.82, 2.24) is 34.8 Å². The molecule has 1 atom stereocenters. The van der Waals surface area contributed by atoms with Crippen molar-refractivity contribution in [2.24, 2.45) is 0 Å². The first kappa shape index (κ1) is 16.3. The number of aromatic nitrogens is 5. The number of nitrogens with one attached hydrogen (secondary N) is 1. The standard InChI is InChI=1S/C17H25N7O/c1-22-8-4-13(5-9-22)16-18-11-15(20-16)17(25)24-7-2-3-14(24)12-23-10-6-19-21-23/h6,10-11,13-14H,2-5,7-9,12H2,1H3,(H,18,20)/t14-/m0/s1. The minimum Gasteiger partial charge on any atom is -0.338 e. The summed E-state index contributed by atoms with van der Waals surface area (Å²) in [5.41, 5.74) is 0.611. The topological polar surface area (TPSA) is 82.9 Å². The molecular weight excluding hydrogens is 318 g/mol. The van der Waals surface area contributed by atoms with Crippen molar-refractivity contribution in [3.63, 3.8) is 0 Å². The van der Waals surface area contributed by atoms with Crippen molar-refractivity contribution in [3.05, 3.63) is 30.1 Å². The number of likely N-dealkylation sites (tertiary alicyclic amines) is 2. The number of carbonyl (C=O) groups is 1. The third kappa shape index (κ3) is 3.44. The Bertz CT molecular complexity index is 702. The van der Waals surface area contributed by atoms with Gasteiger partial charge in [-0.25, -0.2) is 4.98 Å². The van der Waals surface area contributed by atoms with Gasteiger partial charge >= 0.3 is 0 Å². The minimum absolute atomic E-state index is 0.0503. The van der Waals surface area contributed by atoms with Crippen LogP contribution in [0, 0.1) is 0 Å². The maximum absolute atomic E-state index is 12.9. The zero-order valence-corrected chi connectivity index (χ0v) is 14.6. The average molecular weight is 343 g/mol. The molecule has 8 nitrogen and oxygen atoms in total. The van der Waals surface area contributed by atoms with Crippen LogP contribution in [0.2, 0.25) is 0 Å². The quantitative estimate of drug-likeness (QED) is 0.899. The Morgan fingerprint density at radius 2 is 2.12 bits per heavy atom. The Morgan fingerprint density at radius 3 is 2.88 bits per heavy atom. The van der Waals surface area contributed by atoms with Crippen LogP contribution in [0.5, 0.6) is 0 Å². The molecule has 2 saturated heterocycles. The molecule has 0 aromatic carbocycles. The summed E-state index contributed by atoms with van der Waals surface area (Å²) in [7, 11) is 2.15. The summed E-state index contributed by atoms with van der Waals surface area (Å²) >= 11 is 0. The number of H-pyrrole nitrogens is 1. The molecule has 2 aromatic rings. The largest absolute Gasteiger partial charge is 0.338 e. The van der Waals surface area contributed by atoms with Gasteiger partial charge in [0.05, 0.1) is 25.0 Å². The number of piperidine rings is 1. The minimum atomic E-state index is 0.0503. The van der Waals surface area contributed by atoms with E-state index in [-0.39, 0.29) is 11.9 Å². The molecule has 4 rings (SSSR count). The molecule has 8 heteroatoms. The molecule has 0 radical (unpaired) electrons. The molecule has 0 bridgehead atoms. The molecule has 2 fully saturated rings. The van der Waals surface area contributed by atoms with Crippen LogP contribution in [0.4, 0.5) is 0 Å². The molecule has 2 aliphatic heterocycles. The highest BCUT2D eigenvalue weighted by molar-refractivity contribution is 5.92. The van der Waals surface area contributed by atoms with Crippen molar-refractivity contribution in [2.45, 2.75) is 44.2 Å². The van der Waals surface area contributed by atoms with E-state index in [9.17, 15) is 4.79 Å². The van der Waals surface area contributed by atoms with Crippen LogP contribution in [0.1, 0.15) is 47.9 Å². The van der Waals surface area contributed by atoms with Gasteiger partial charge in [-0.1, -0.05) is 5.21 Å². The zero-order chi connectivity index (χ0) is 17.2. The highest BCUT2D eigenvalue weighted by atomic mass is 16.2. The number of imidazole rings is 1. The Balaban J connectivity index is 1.43. The summed E-state index contributed by atoms with van der Waals surface area (Å²) in [6.45, 7) is 3.66. The van der Waals surface area contributed by atoms with Gasteiger partial charge in [-0.15, -0.1) is 5.10 Å². The van der Waals surface area contributed by atoms with E-state index in [0.717, 1.165) is 51.1 Å². The van der Waals surface area contributed by atoms with E-state index in [1.807, 2.05) is 11.1 Å². The number of nitrogens with zero attached hydrogens (tertiary/aromatic N) is 6. The van der Waals surface area contributed by atoms with Crippen LogP contribution in [0.25, 0.3) is 0 Å². The van der Waals surface area contributed by atoms with Gasteiger partial charge in [0, 0.05) is 18.7 Å². The lowest BCUT2D eigenvalue weighted by Gasteiger charge is -2.27. The Kier molecular flexibility index (Phi) is 4.52. The number of hydrogen-bond donors (Lipinski definition) is 1. The van der Waals surface area contributed by atoms with E-state index >= 15 is 0 Å². The van der Waals surface area contributed by atoms with E-state index in [1.165, 1.54) is 0 Å². The molecule has 0 saturated carbocycles. The van der Waals surface area contributed by atoms with Gasteiger partial charge in [-0.05, 0) is 45.8 Å². The lowest BCUT2D eigenvalue weighted by molar-refractivity contribution is 0.0715. The van der Waals surface area contributed by atoms with Gasteiger partial charge < -0.3 is 14.8 Å². The van der Waals surface area contributed by atoms with Gasteiger partial charge in [0.1, 0.15) is 11.5 Å². The summed E-state index contributed by atoms with van der Waals surface area (Å²) in [6, 6.07) is 0.171. The van der Waals surface area contributed by atoms with Crippen molar-refractivity contribution in [2.75, 3.05) is 26.7 Å². The summed E-state index contributed by atoms with van der Waals surface area (Å²) in [5, 5.41) is 7.86. The first-order valence-electron chi connectivity index (χ1n) is 9.09. The lowest BCUT2D eigenvalue weighted by atomic mass is 9.97. The van der Waals surface area contributed by atoms with Crippen molar-refractivity contribution in [1.29, 1.82) is 0 Å². The smallest absolute Gasteiger partial charge is 0.272 e. The number of rotatable bonds is 4. The SMILES string of the molecule is CN1CCC(c2ncc(C(=O)N3CCC[C@H]3Cn3ccnn3)[nH]2)CC1. The second kappa shape index (κ2) is 6.95. The average Bonchev–Trinajstić information content (AvgIpc) is 3.37. The van der Waals surface area contributed by atoms with Crippen LogP contribution in [-0.2, 0) is 6.54 Å². The van der Waals surface area contributed by atoms with E-state index in [0.29, 0.717) is 18.2 Å². The maximum atomic E-state index is 12.9. The predicted octanol–water partition coefficient (Wildman–Crippen LogP) is 1.12. The molecule has 0 spiro atoms. The molecule has 0 aliphatic carbocycles. The Labute approximate surface area is 147 Å². The van der Waals surface area contributed by atoms with Gasteiger partial charge in [0.15, 0.2) is 0 Å². The molecule has 0 unspecified atom stereocenters. The maximum Gasteiger partial charge on any atom is 0.272 e. The van der Waals surface area contributed by atoms with E-state index in [4.69, 9.17) is 0 Å². The summed E-state index contributed by atoms with van der Waals surface area (Å²) in [5.74, 6) is 1.44. The van der Waals surface area contributed by atoms with Crippen LogP contribution in [0.3, 0.4) is 0 Å². The molecule has 1 N–H and O–H groups in total. The molecule has 25 heavy (non-hydrogen) atoms. The predicted molar refractivity (Wildman–Crippen MR) is 92.1 cm³/mol. The summed E-state index contributed by atoms with van der Waals surface area (Å²) < 4.78 is 1.80. The molecule has 1 amide bonds. The molecule has 4 heterocycles. The highest BCUT2D eigenvalue weighted by Gasteiger charge is 2.31. The van der Waals surface area contributed by atoms with Crippen molar-refractivity contribution in [3.8, 4) is 0 Å². The number of aromatic amines is 1. The lowest BCUT2D eigenvalue weighted by Crippen LogP contribution is -2.38. The molecule has 2 aromatic heterocycles. The fraction of sp³-hybridized carbons (Fsp3) is 0.647. The molecule has 134 valence electrons. The normalized spacial score (nSPS) is 22.6. The second-order valence-corrected chi connectivity index (χ2v) is 7.18. The third-order valence-electron chi connectivity index (χ3n) is 5.44. The monoisotopic (exact) mass is 343 g/mol. The second-order valence-electron chi connectivity index (χ2n) is 7.18. The molecule has 2 aliphatic rings. The van der Waals surface area contributed by atoms with Crippen LogP contribution >= 0.6 is 0 Å². The first-order chi connectivity index (χ1) is 12.2. The molecular formula is C17H25N7O. The van der Waals surface area contributed by atoms with E-state index < -0.39 is 0 Å². The van der Waals surface area contributed by atoms with Crippen LogP contribution < -0.4 is 0 Å². The summed E-state index contributed by atoms with van der Waals surface area (Å²) in [6.07, 6.45) is 9.44. The van der Waals surface area contributed by atoms with E-state index in [2.05, 4.69) is 32.2 Å². The van der Waals surface area contributed by atoms with Crippen LogP contribution in [-0.4, -0.2) is 73.4 Å². The Hall–Kier alpha value is -2.22. The summed E-state index contributed by atoms with van der Waals surface area (Å²) in [4.78, 5) is 25.0. The number of hydrogen-bond acceptors (Lipinski definition) is 5. The van der Waals surface area contributed by atoms with Gasteiger partial charge in [-0.2, -0.15) is 0 Å². The zero-order valence-electron chi connectivity index (χ0n) is 14.6. The fourth-order valence-electron chi connectivity index (χ4n) is 3.93. The van der Waals surface area contributed by atoms with Crippen molar-refractivity contribution < 1.29 is 4.79 Å². The van der Waals surface area contributed by atoms with E-state index in [1.54, 1.807) is 17.1 Å². The Morgan fingerprint density at radius 1 is 1.28 bits per heavy atom. The number of carbonyl (C=O) groups excluding carboxylic acids is 1. The van der Waals surface area contributed by atoms with Gasteiger partial charge in [0.2, 0.25) is 0 Å². The number of amides is 1. The van der Waals surface area contributed by atoms with Gasteiger partial charge in [0.25, 0.3) is 5.91 Å².